The van der Waals surface area contributed by atoms with Crippen molar-refractivity contribution >= 4 is 46.2 Å². The molecule has 0 N–H and O–H groups in total. The van der Waals surface area contributed by atoms with Crippen LogP contribution >= 0.6 is 0 Å². The minimum Gasteiger partial charge on any atom is -0.501 e. The average molecular weight is 1050 g/mol. The van der Waals surface area contributed by atoms with Gasteiger partial charge < -0.3 is 14.0 Å². The van der Waals surface area contributed by atoms with Gasteiger partial charge in [-0.15, -0.1) is 54.1 Å². The first-order valence-corrected chi connectivity index (χ1v) is 26.4. The van der Waals surface area contributed by atoms with Crippen molar-refractivity contribution in [3.63, 3.8) is 0 Å². The van der Waals surface area contributed by atoms with E-state index in [4.69, 9.17) is 14.4 Å². The van der Waals surface area contributed by atoms with E-state index in [-0.39, 0.29) is 37.4 Å². The standard InChI is InChI=1S/C40H38N3O.C18H24NSi.Ir/c1-24(2)31-20-27(26-14-9-8-10-15-26)21-32(25(3)4)37(31)43-34-23-41-36(40(5,6)7)22-33(34)42-39(43)30-18-13-17-29-28-16-11-12-19-35(28)44-38(29)30;1-14(2)11-16-12-17(15-9-7-6-8-10-15)19-13-18(16)20(3,4)5;/h8-17,19-25H,1-7H3;6-9,12-14H,11H2,1-5H3;/q2*-1;. The van der Waals surface area contributed by atoms with E-state index in [2.05, 4.69) is 189 Å². The Morgan fingerprint density at radius 3 is 2.00 bits per heavy atom. The number of fused-ring (bicyclic) bond motifs is 4. The van der Waals surface area contributed by atoms with Gasteiger partial charge >= 0.3 is 0 Å². The summed E-state index contributed by atoms with van der Waals surface area (Å²) in [5.41, 5.74) is 15.1. The second-order valence-corrected chi connectivity index (χ2v) is 25.3. The van der Waals surface area contributed by atoms with Gasteiger partial charge in [0.15, 0.2) is 0 Å². The second kappa shape index (κ2) is 19.2. The molecule has 0 spiro atoms. The summed E-state index contributed by atoms with van der Waals surface area (Å²) in [5.74, 6) is 2.02. The monoisotopic (exact) mass is 1050 g/mol. The molecule has 1 radical (unpaired) electrons. The van der Waals surface area contributed by atoms with E-state index < -0.39 is 8.07 Å². The van der Waals surface area contributed by atoms with E-state index in [1.54, 1.807) is 0 Å². The first-order chi connectivity index (χ1) is 30.5. The molecule has 4 heterocycles. The van der Waals surface area contributed by atoms with Crippen LogP contribution in [0.15, 0.2) is 132 Å². The summed E-state index contributed by atoms with van der Waals surface area (Å²) in [6, 6.07) is 47.0. The number of rotatable bonds is 9. The fourth-order valence-corrected chi connectivity index (χ4v) is 10.3. The van der Waals surface area contributed by atoms with Crippen LogP contribution in [0, 0.1) is 18.1 Å². The Morgan fingerprint density at radius 2 is 1.37 bits per heavy atom. The van der Waals surface area contributed by atoms with Crippen LogP contribution in [-0.4, -0.2) is 27.6 Å². The number of benzene rings is 5. The Labute approximate surface area is 401 Å². The third kappa shape index (κ3) is 9.89. The van der Waals surface area contributed by atoms with Crippen molar-refractivity contribution < 1.29 is 24.5 Å². The van der Waals surface area contributed by atoms with Gasteiger partial charge in [-0.25, -0.2) is 0 Å². The molecule has 0 aliphatic carbocycles. The van der Waals surface area contributed by atoms with E-state index in [9.17, 15) is 0 Å². The molecule has 65 heavy (non-hydrogen) atoms. The van der Waals surface area contributed by atoms with E-state index in [0.29, 0.717) is 5.92 Å². The molecule has 5 nitrogen and oxygen atoms in total. The van der Waals surface area contributed by atoms with Gasteiger partial charge in [0.05, 0.1) is 36.7 Å². The molecule has 9 rings (SSSR count). The van der Waals surface area contributed by atoms with Crippen molar-refractivity contribution in [3.05, 3.63) is 162 Å². The maximum absolute atomic E-state index is 6.53. The number of aromatic nitrogens is 4. The summed E-state index contributed by atoms with van der Waals surface area (Å²) >= 11 is 0. The molecule has 9 aromatic rings. The number of para-hydroxylation sites is 1. The molecule has 335 valence electrons. The molecule has 0 bridgehead atoms. The van der Waals surface area contributed by atoms with Crippen LogP contribution in [0.4, 0.5) is 0 Å². The van der Waals surface area contributed by atoms with Crippen LogP contribution in [-0.2, 0) is 31.9 Å². The molecule has 0 fully saturated rings. The topological polar surface area (TPSA) is 56.7 Å². The van der Waals surface area contributed by atoms with E-state index in [1.807, 2.05) is 42.6 Å². The van der Waals surface area contributed by atoms with Gasteiger partial charge in [-0.2, -0.15) is 0 Å². The van der Waals surface area contributed by atoms with Gasteiger partial charge in [0.25, 0.3) is 0 Å². The largest absolute Gasteiger partial charge is 0.501 e. The number of furan rings is 1. The van der Waals surface area contributed by atoms with Crippen molar-refractivity contribution in [2.75, 3.05) is 0 Å². The van der Waals surface area contributed by atoms with E-state index >= 15 is 0 Å². The second-order valence-electron chi connectivity index (χ2n) is 20.3. The summed E-state index contributed by atoms with van der Waals surface area (Å²) in [4.78, 5) is 15.0. The van der Waals surface area contributed by atoms with Gasteiger partial charge in [0.2, 0.25) is 0 Å². The van der Waals surface area contributed by atoms with Crippen LogP contribution in [0.25, 0.3) is 72.4 Å². The zero-order valence-electron chi connectivity index (χ0n) is 40.1. The normalized spacial score (nSPS) is 12.0. The number of hydrogen-bond acceptors (Lipinski definition) is 4. The maximum Gasteiger partial charge on any atom is 0.120 e. The average Bonchev–Trinajstić information content (AvgIpc) is 3.84. The zero-order valence-corrected chi connectivity index (χ0v) is 43.5. The van der Waals surface area contributed by atoms with Crippen LogP contribution in [0.2, 0.25) is 19.6 Å². The van der Waals surface area contributed by atoms with E-state index in [1.165, 1.54) is 38.7 Å². The predicted molar refractivity (Wildman–Crippen MR) is 273 cm³/mol. The molecule has 0 saturated carbocycles. The summed E-state index contributed by atoms with van der Waals surface area (Å²) in [7, 11) is -1.34. The molecular formula is C58H62IrN4OSi-2. The molecule has 0 saturated heterocycles. The molecule has 0 amide bonds. The minimum absolute atomic E-state index is 0. The summed E-state index contributed by atoms with van der Waals surface area (Å²) < 4.78 is 8.86. The van der Waals surface area contributed by atoms with Crippen LogP contribution in [0.3, 0.4) is 0 Å². The number of pyridine rings is 2. The van der Waals surface area contributed by atoms with Crippen LogP contribution < -0.4 is 5.19 Å². The minimum atomic E-state index is -1.34. The van der Waals surface area contributed by atoms with Crippen molar-refractivity contribution in [1.82, 2.24) is 19.5 Å². The molecule has 5 aromatic carbocycles. The van der Waals surface area contributed by atoms with Crippen molar-refractivity contribution in [2.45, 2.75) is 106 Å². The Bertz CT molecular complexity index is 3050. The zero-order chi connectivity index (χ0) is 45.5. The molecule has 0 unspecified atom stereocenters. The molecular weight excluding hydrogens is 989 g/mol. The Morgan fingerprint density at radius 1 is 0.692 bits per heavy atom. The number of nitrogens with zero attached hydrogens (tertiary/aromatic N) is 4. The predicted octanol–water partition coefficient (Wildman–Crippen LogP) is 15.3. The molecule has 4 aromatic heterocycles. The van der Waals surface area contributed by atoms with Gasteiger partial charge in [-0.05, 0) is 81.6 Å². The fraction of sp³-hybridized carbons (Fsp3) is 0.293. The fourth-order valence-electron chi connectivity index (χ4n) is 8.74. The molecule has 0 atom stereocenters. The molecule has 0 aliphatic heterocycles. The first-order valence-electron chi connectivity index (χ1n) is 22.9. The third-order valence-electron chi connectivity index (χ3n) is 12.0. The van der Waals surface area contributed by atoms with Crippen molar-refractivity contribution in [1.29, 1.82) is 0 Å². The molecule has 0 aliphatic rings. The smallest absolute Gasteiger partial charge is 0.120 e. The summed E-state index contributed by atoms with van der Waals surface area (Å²) in [6.07, 6.45) is 5.24. The Hall–Kier alpha value is -5.46. The van der Waals surface area contributed by atoms with E-state index in [0.717, 1.165) is 67.7 Å². The van der Waals surface area contributed by atoms with Gasteiger partial charge in [-0.1, -0.05) is 153 Å². The maximum atomic E-state index is 6.53. The third-order valence-corrected chi connectivity index (χ3v) is 14.1. The van der Waals surface area contributed by atoms with Crippen LogP contribution in [0.5, 0.6) is 0 Å². The SMILES string of the molecule is CC(C)Cc1cc(-c2[c-]cccc2)ncc1[Si](C)(C)C.CC(C)c1cc(-c2ccccc2)cc(C(C)C)c1-n1c(-c2[c-]ccc3c2oc2ccccc23)nc2cc(C(C)(C)C)ncc21.[Ir]. The quantitative estimate of drug-likeness (QED) is 0.107. The molecule has 7 heteroatoms. The first kappa shape index (κ1) is 47.5. The Balaban J connectivity index is 0.000000253. The summed E-state index contributed by atoms with van der Waals surface area (Å²) in [5, 5.41) is 3.65. The van der Waals surface area contributed by atoms with Crippen molar-refractivity contribution in [2.24, 2.45) is 5.92 Å². The van der Waals surface area contributed by atoms with Gasteiger partial charge in [0, 0.05) is 48.5 Å². The Kier molecular flexibility index (Phi) is 14.0. The number of hydrogen-bond donors (Lipinski definition) is 0. The van der Waals surface area contributed by atoms with Gasteiger partial charge in [-0.3, -0.25) is 9.97 Å². The number of imidazole rings is 1. The van der Waals surface area contributed by atoms with Gasteiger partial charge in [0.1, 0.15) is 5.58 Å². The van der Waals surface area contributed by atoms with Crippen LogP contribution in [0.1, 0.15) is 96.5 Å². The summed E-state index contributed by atoms with van der Waals surface area (Å²) in [6.45, 7) is 27.4. The van der Waals surface area contributed by atoms with Crippen molar-refractivity contribution in [3.8, 4) is 39.5 Å².